The summed E-state index contributed by atoms with van der Waals surface area (Å²) in [6.45, 7) is 2.72. The summed E-state index contributed by atoms with van der Waals surface area (Å²) in [6.07, 6.45) is 17.6. The Labute approximate surface area is 244 Å². The fourth-order valence-corrected chi connectivity index (χ4v) is 5.59. The van der Waals surface area contributed by atoms with Gasteiger partial charge in [-0.25, -0.2) is 0 Å². The van der Waals surface area contributed by atoms with Gasteiger partial charge < -0.3 is 10.0 Å². The summed E-state index contributed by atoms with van der Waals surface area (Å²) in [4.78, 5) is 27.8. The summed E-state index contributed by atoms with van der Waals surface area (Å²) < 4.78 is 0. The van der Waals surface area contributed by atoms with E-state index in [-0.39, 0.29) is 11.3 Å². The number of carbonyl (C=O) groups is 2. The van der Waals surface area contributed by atoms with Crippen molar-refractivity contribution in [2.75, 3.05) is 6.54 Å². The van der Waals surface area contributed by atoms with Crippen LogP contribution in [0.4, 0.5) is 0 Å². The summed E-state index contributed by atoms with van der Waals surface area (Å²) in [7, 11) is 0. The second kappa shape index (κ2) is 16.7. The van der Waals surface area contributed by atoms with Crippen molar-refractivity contribution in [3.8, 4) is 0 Å². The Balaban J connectivity index is 1.52. The fraction of sp³-hybridized carbons (Fsp3) is 0.515. The highest BCUT2D eigenvalue weighted by atomic mass is 35.5. The normalized spacial score (nSPS) is 16.8. The van der Waals surface area contributed by atoms with Crippen molar-refractivity contribution < 1.29 is 14.7 Å². The van der Waals surface area contributed by atoms with Crippen molar-refractivity contribution in [1.82, 2.24) is 4.90 Å². The van der Waals surface area contributed by atoms with Crippen LogP contribution in [0.3, 0.4) is 0 Å². The maximum absolute atomic E-state index is 13.1. The highest BCUT2D eigenvalue weighted by Gasteiger charge is 2.45. The molecule has 2 aromatic rings. The van der Waals surface area contributed by atoms with Crippen LogP contribution in [-0.4, -0.2) is 28.2 Å². The molecule has 4 nitrogen and oxygen atoms in total. The van der Waals surface area contributed by atoms with E-state index in [1.165, 1.54) is 70.6 Å². The zero-order valence-electron chi connectivity index (χ0n) is 23.3. The second-order valence-electron chi connectivity index (χ2n) is 10.6. The third-order valence-electron chi connectivity index (χ3n) is 7.60. The van der Waals surface area contributed by atoms with E-state index < -0.39 is 17.7 Å². The van der Waals surface area contributed by atoms with E-state index in [2.05, 4.69) is 6.92 Å². The molecule has 0 unspecified atom stereocenters. The van der Waals surface area contributed by atoms with Crippen LogP contribution < -0.4 is 0 Å². The number of carbonyl (C=O) groups excluding carboxylic acids is 2. The number of rotatable bonds is 17. The maximum Gasteiger partial charge on any atom is 0.295 e. The van der Waals surface area contributed by atoms with Gasteiger partial charge in [0.1, 0.15) is 5.76 Å². The summed E-state index contributed by atoms with van der Waals surface area (Å²) >= 11 is 12.1. The molecule has 1 aliphatic rings. The summed E-state index contributed by atoms with van der Waals surface area (Å²) in [5.41, 5.74) is 1.31. The largest absolute Gasteiger partial charge is 0.507 e. The molecule has 0 saturated carbocycles. The topological polar surface area (TPSA) is 57.6 Å². The van der Waals surface area contributed by atoms with Crippen molar-refractivity contribution in [2.45, 2.75) is 103 Å². The van der Waals surface area contributed by atoms with Crippen LogP contribution in [-0.2, 0) is 9.59 Å². The third-order valence-corrected chi connectivity index (χ3v) is 8.10. The molecule has 1 atom stereocenters. The minimum atomic E-state index is -0.659. The predicted molar refractivity (Wildman–Crippen MR) is 162 cm³/mol. The molecule has 212 valence electrons. The van der Waals surface area contributed by atoms with Gasteiger partial charge in [0.15, 0.2) is 0 Å². The Bertz CT molecular complexity index is 1080. The van der Waals surface area contributed by atoms with E-state index in [1.54, 1.807) is 41.3 Å². The zero-order chi connectivity index (χ0) is 28.0. The number of nitrogens with zero attached hydrogens (tertiary/aromatic N) is 1. The van der Waals surface area contributed by atoms with Gasteiger partial charge in [-0.1, -0.05) is 126 Å². The van der Waals surface area contributed by atoms with E-state index >= 15 is 0 Å². The standard InChI is InChI=1S/C33H43Cl2NO3/c1-2-3-4-5-6-7-8-9-10-11-12-13-14-15-24-36-30(25-16-20-27(34)21-17-25)29(32(38)33(36)39)31(37)26-18-22-28(35)23-19-26/h16-23,30,37H,2-15,24H2,1H3/t30-/m1/s1. The highest BCUT2D eigenvalue weighted by Crippen LogP contribution is 2.40. The van der Waals surface area contributed by atoms with Gasteiger partial charge in [0.2, 0.25) is 0 Å². The van der Waals surface area contributed by atoms with Crippen molar-refractivity contribution in [3.05, 3.63) is 75.3 Å². The summed E-state index contributed by atoms with van der Waals surface area (Å²) in [5.74, 6) is -1.42. The smallest absolute Gasteiger partial charge is 0.295 e. The van der Waals surface area contributed by atoms with Crippen LogP contribution in [0.1, 0.15) is 114 Å². The SMILES string of the molecule is CCCCCCCCCCCCCCCCN1C(=O)C(=O)C(=C(O)c2ccc(Cl)cc2)[C@H]1c1ccc(Cl)cc1. The number of unbranched alkanes of at least 4 members (excludes halogenated alkanes) is 13. The molecule has 1 N–H and O–H groups in total. The van der Waals surface area contributed by atoms with Gasteiger partial charge in [0, 0.05) is 22.2 Å². The average Bonchev–Trinajstić information content (AvgIpc) is 3.18. The first-order chi connectivity index (χ1) is 18.9. The predicted octanol–water partition coefficient (Wildman–Crippen LogP) is 9.90. The van der Waals surface area contributed by atoms with Crippen molar-refractivity contribution >= 4 is 40.7 Å². The Morgan fingerprint density at radius 2 is 1.13 bits per heavy atom. The first kappa shape index (κ1) is 31.2. The van der Waals surface area contributed by atoms with Gasteiger partial charge in [-0.05, 0) is 48.4 Å². The molecule has 6 heteroatoms. The van der Waals surface area contributed by atoms with Gasteiger partial charge in [-0.2, -0.15) is 0 Å². The molecule has 1 amide bonds. The summed E-state index contributed by atoms with van der Waals surface area (Å²) in [6, 6.07) is 13.1. The van der Waals surface area contributed by atoms with Gasteiger partial charge in [-0.3, -0.25) is 9.59 Å². The molecule has 1 heterocycles. The fourth-order valence-electron chi connectivity index (χ4n) is 5.34. The molecule has 1 saturated heterocycles. The number of aliphatic hydroxyl groups excluding tert-OH is 1. The number of likely N-dealkylation sites (tertiary alicyclic amines) is 1. The number of amides is 1. The van der Waals surface area contributed by atoms with Gasteiger partial charge in [-0.15, -0.1) is 0 Å². The lowest BCUT2D eigenvalue weighted by atomic mass is 9.95. The molecule has 39 heavy (non-hydrogen) atoms. The lowest BCUT2D eigenvalue weighted by Gasteiger charge is -2.25. The number of benzene rings is 2. The highest BCUT2D eigenvalue weighted by molar-refractivity contribution is 6.46. The van der Waals surface area contributed by atoms with E-state index in [4.69, 9.17) is 23.2 Å². The molecule has 0 radical (unpaired) electrons. The van der Waals surface area contributed by atoms with Crippen LogP contribution in [0.25, 0.3) is 5.76 Å². The third kappa shape index (κ3) is 9.39. The molecule has 0 spiro atoms. The van der Waals surface area contributed by atoms with Crippen LogP contribution in [0.15, 0.2) is 54.1 Å². The van der Waals surface area contributed by atoms with Gasteiger partial charge >= 0.3 is 0 Å². The minimum absolute atomic E-state index is 0.106. The van der Waals surface area contributed by atoms with Crippen LogP contribution in [0.2, 0.25) is 10.0 Å². The van der Waals surface area contributed by atoms with Gasteiger partial charge in [0.05, 0.1) is 11.6 Å². The second-order valence-corrected chi connectivity index (χ2v) is 11.5. The number of hydrogen-bond donors (Lipinski definition) is 1. The minimum Gasteiger partial charge on any atom is -0.507 e. The molecule has 0 aliphatic carbocycles. The molecule has 2 aromatic carbocycles. The van der Waals surface area contributed by atoms with Crippen LogP contribution in [0, 0.1) is 0 Å². The van der Waals surface area contributed by atoms with Gasteiger partial charge in [0.25, 0.3) is 11.7 Å². The molecular weight excluding hydrogens is 529 g/mol. The Morgan fingerprint density at radius 3 is 1.62 bits per heavy atom. The lowest BCUT2D eigenvalue weighted by molar-refractivity contribution is -0.139. The molecule has 0 aromatic heterocycles. The number of halogens is 2. The molecule has 1 fully saturated rings. The zero-order valence-corrected chi connectivity index (χ0v) is 24.8. The molecule has 0 bridgehead atoms. The first-order valence-corrected chi connectivity index (χ1v) is 15.5. The maximum atomic E-state index is 13.1. The van der Waals surface area contributed by atoms with Crippen molar-refractivity contribution in [1.29, 1.82) is 0 Å². The van der Waals surface area contributed by atoms with Crippen molar-refractivity contribution in [3.63, 3.8) is 0 Å². The van der Waals surface area contributed by atoms with E-state index in [9.17, 15) is 14.7 Å². The average molecular weight is 573 g/mol. The Morgan fingerprint density at radius 1 is 0.692 bits per heavy atom. The summed E-state index contributed by atoms with van der Waals surface area (Å²) in [5, 5.41) is 12.2. The van der Waals surface area contributed by atoms with Crippen molar-refractivity contribution in [2.24, 2.45) is 0 Å². The number of aliphatic hydroxyl groups is 1. The Kier molecular flexibility index (Phi) is 13.4. The Hall–Kier alpha value is -2.30. The number of ketones is 1. The van der Waals surface area contributed by atoms with E-state index in [0.29, 0.717) is 22.2 Å². The number of Topliss-reactive ketones (excluding diaryl/α,β-unsaturated/α-hetero) is 1. The van der Waals surface area contributed by atoms with E-state index in [1.807, 2.05) is 12.1 Å². The lowest BCUT2D eigenvalue weighted by Crippen LogP contribution is -2.30. The molecule has 3 rings (SSSR count). The van der Waals surface area contributed by atoms with Crippen LogP contribution in [0.5, 0.6) is 0 Å². The number of hydrogen-bond acceptors (Lipinski definition) is 3. The van der Waals surface area contributed by atoms with Crippen LogP contribution >= 0.6 is 23.2 Å². The quantitative estimate of drug-likeness (QED) is 0.0888. The molecule has 1 aliphatic heterocycles. The monoisotopic (exact) mass is 571 g/mol. The van der Waals surface area contributed by atoms with E-state index in [0.717, 1.165) is 24.8 Å². The first-order valence-electron chi connectivity index (χ1n) is 14.7. The molecular formula is C33H43Cl2NO3.